The van der Waals surface area contributed by atoms with Crippen molar-refractivity contribution < 1.29 is 0 Å². The first-order chi connectivity index (χ1) is 9.12. The summed E-state index contributed by atoms with van der Waals surface area (Å²) in [5.41, 5.74) is 0.321. The quantitative estimate of drug-likeness (QED) is 0.461. The molecule has 0 aliphatic rings. The van der Waals surface area contributed by atoms with Crippen molar-refractivity contribution in [3.05, 3.63) is 16.1 Å². The van der Waals surface area contributed by atoms with Gasteiger partial charge in [-0.15, -0.1) is 11.3 Å². The number of hydrogen-bond donors (Lipinski definition) is 0. The molecule has 2 heteroatoms. The van der Waals surface area contributed by atoms with Crippen LogP contribution in [0.2, 0.25) is 0 Å². The van der Waals surface area contributed by atoms with Gasteiger partial charge in [-0.3, -0.25) is 0 Å². The van der Waals surface area contributed by atoms with Crippen LogP contribution >= 0.6 is 11.3 Å². The fourth-order valence-electron chi connectivity index (χ4n) is 2.68. The molecular weight excluding hydrogens is 250 g/mol. The van der Waals surface area contributed by atoms with Crippen molar-refractivity contribution in [1.82, 2.24) is 4.98 Å². The van der Waals surface area contributed by atoms with E-state index in [4.69, 9.17) is 0 Å². The van der Waals surface area contributed by atoms with Crippen molar-refractivity contribution in [2.75, 3.05) is 0 Å². The van der Waals surface area contributed by atoms with Gasteiger partial charge in [-0.1, -0.05) is 65.7 Å². The SMILES string of the molecule is CCCCCCC(C)(CCCCC)c1ncc(C)s1. The van der Waals surface area contributed by atoms with Crippen LogP contribution in [-0.2, 0) is 5.41 Å². The Labute approximate surface area is 123 Å². The minimum Gasteiger partial charge on any atom is -0.249 e. The number of hydrogen-bond acceptors (Lipinski definition) is 2. The zero-order valence-corrected chi connectivity index (χ0v) is 14.1. The number of aromatic nitrogens is 1. The summed E-state index contributed by atoms with van der Waals surface area (Å²) in [7, 11) is 0. The number of unbranched alkanes of at least 4 members (excludes halogenated alkanes) is 5. The average molecular weight is 282 g/mol. The van der Waals surface area contributed by atoms with Crippen LogP contribution in [0.15, 0.2) is 6.20 Å². The van der Waals surface area contributed by atoms with Gasteiger partial charge in [0.2, 0.25) is 0 Å². The van der Waals surface area contributed by atoms with Gasteiger partial charge < -0.3 is 0 Å². The standard InChI is InChI=1S/C17H31NS/c1-5-7-9-11-13-17(4,12-10-8-6-2)16-18-14-15(3)19-16/h14H,5-13H2,1-4H3. The third kappa shape index (κ3) is 5.64. The van der Waals surface area contributed by atoms with E-state index < -0.39 is 0 Å². The maximum Gasteiger partial charge on any atom is 0.0986 e. The van der Waals surface area contributed by atoms with Crippen LogP contribution in [-0.4, -0.2) is 4.98 Å². The lowest BCUT2D eigenvalue weighted by atomic mass is 9.80. The molecule has 1 nitrogen and oxygen atoms in total. The molecule has 0 bridgehead atoms. The summed E-state index contributed by atoms with van der Waals surface area (Å²) in [6.07, 6.45) is 14.1. The van der Waals surface area contributed by atoms with Crippen LogP contribution in [0.1, 0.15) is 88.4 Å². The van der Waals surface area contributed by atoms with Gasteiger partial charge in [0.1, 0.15) is 0 Å². The van der Waals surface area contributed by atoms with Crippen molar-refractivity contribution in [2.24, 2.45) is 0 Å². The molecule has 1 unspecified atom stereocenters. The van der Waals surface area contributed by atoms with E-state index in [0.29, 0.717) is 5.41 Å². The first-order valence-corrected chi connectivity index (χ1v) is 8.87. The van der Waals surface area contributed by atoms with Gasteiger partial charge in [-0.25, -0.2) is 4.98 Å². The lowest BCUT2D eigenvalue weighted by Gasteiger charge is -2.27. The van der Waals surface area contributed by atoms with Gasteiger partial charge in [0.15, 0.2) is 0 Å². The normalized spacial score (nSPS) is 14.5. The number of nitrogens with zero attached hydrogens (tertiary/aromatic N) is 1. The number of rotatable bonds is 10. The summed E-state index contributed by atoms with van der Waals surface area (Å²) in [5.74, 6) is 0. The molecular formula is C17H31NS. The second kappa shape index (κ2) is 8.73. The highest BCUT2D eigenvalue weighted by Crippen LogP contribution is 2.37. The Balaban J connectivity index is 2.60. The molecule has 0 aromatic carbocycles. The predicted molar refractivity (Wildman–Crippen MR) is 87.1 cm³/mol. The monoisotopic (exact) mass is 281 g/mol. The molecule has 0 saturated carbocycles. The van der Waals surface area contributed by atoms with Gasteiger partial charge >= 0.3 is 0 Å². The van der Waals surface area contributed by atoms with Crippen LogP contribution in [0.25, 0.3) is 0 Å². The molecule has 0 amide bonds. The Morgan fingerprint density at radius 1 is 1.00 bits per heavy atom. The summed E-state index contributed by atoms with van der Waals surface area (Å²) in [6, 6.07) is 0. The lowest BCUT2D eigenvalue weighted by Crippen LogP contribution is -2.21. The van der Waals surface area contributed by atoms with Crippen LogP contribution in [0.5, 0.6) is 0 Å². The van der Waals surface area contributed by atoms with E-state index in [-0.39, 0.29) is 0 Å². The molecule has 0 saturated heterocycles. The zero-order valence-electron chi connectivity index (χ0n) is 13.3. The number of thiazole rings is 1. The fourth-order valence-corrected chi connectivity index (χ4v) is 3.65. The maximum absolute atomic E-state index is 4.68. The molecule has 1 rings (SSSR count). The van der Waals surface area contributed by atoms with E-state index >= 15 is 0 Å². The van der Waals surface area contributed by atoms with Crippen molar-refractivity contribution in [3.63, 3.8) is 0 Å². The van der Waals surface area contributed by atoms with E-state index in [1.54, 1.807) is 0 Å². The van der Waals surface area contributed by atoms with E-state index in [9.17, 15) is 0 Å². The summed E-state index contributed by atoms with van der Waals surface area (Å²) in [4.78, 5) is 6.04. The topological polar surface area (TPSA) is 12.9 Å². The smallest absolute Gasteiger partial charge is 0.0986 e. The second-order valence-electron chi connectivity index (χ2n) is 6.10. The molecule has 1 aromatic rings. The molecule has 110 valence electrons. The predicted octanol–water partition coefficient (Wildman–Crippen LogP) is 6.26. The third-order valence-electron chi connectivity index (χ3n) is 4.05. The Morgan fingerprint density at radius 2 is 1.58 bits per heavy atom. The molecule has 0 fully saturated rings. The van der Waals surface area contributed by atoms with Gasteiger partial charge in [0, 0.05) is 16.5 Å². The fraction of sp³-hybridized carbons (Fsp3) is 0.824. The first-order valence-electron chi connectivity index (χ1n) is 8.05. The van der Waals surface area contributed by atoms with Gasteiger partial charge in [-0.2, -0.15) is 0 Å². The van der Waals surface area contributed by atoms with Gasteiger partial charge in [-0.05, 0) is 19.8 Å². The van der Waals surface area contributed by atoms with E-state index in [0.717, 1.165) is 0 Å². The Hall–Kier alpha value is -0.370. The summed E-state index contributed by atoms with van der Waals surface area (Å²) in [5, 5.41) is 1.37. The molecule has 0 N–H and O–H groups in total. The average Bonchev–Trinajstić information content (AvgIpc) is 2.82. The molecule has 0 aliphatic carbocycles. The second-order valence-corrected chi connectivity index (χ2v) is 7.34. The minimum atomic E-state index is 0.321. The molecule has 0 radical (unpaired) electrons. The van der Waals surface area contributed by atoms with Crippen LogP contribution in [0, 0.1) is 6.92 Å². The van der Waals surface area contributed by atoms with E-state index in [1.165, 1.54) is 67.7 Å². The highest BCUT2D eigenvalue weighted by atomic mass is 32.1. The van der Waals surface area contributed by atoms with Crippen LogP contribution in [0.3, 0.4) is 0 Å². The minimum absolute atomic E-state index is 0.321. The lowest BCUT2D eigenvalue weighted by molar-refractivity contribution is 0.364. The largest absolute Gasteiger partial charge is 0.249 e. The first kappa shape index (κ1) is 16.7. The van der Waals surface area contributed by atoms with Crippen molar-refractivity contribution in [2.45, 2.75) is 90.9 Å². The van der Waals surface area contributed by atoms with Crippen molar-refractivity contribution in [3.8, 4) is 0 Å². The Morgan fingerprint density at radius 3 is 2.11 bits per heavy atom. The molecule has 0 aliphatic heterocycles. The summed E-state index contributed by atoms with van der Waals surface area (Å²) >= 11 is 1.91. The van der Waals surface area contributed by atoms with Gasteiger partial charge in [0.25, 0.3) is 0 Å². The molecule has 0 spiro atoms. The zero-order chi connectivity index (χ0) is 14.1. The Kier molecular flexibility index (Phi) is 7.67. The number of aryl methyl sites for hydroxylation is 1. The van der Waals surface area contributed by atoms with Crippen molar-refractivity contribution >= 4 is 11.3 Å². The summed E-state index contributed by atoms with van der Waals surface area (Å²) in [6.45, 7) is 9.17. The maximum atomic E-state index is 4.68. The van der Waals surface area contributed by atoms with E-state index in [2.05, 4.69) is 32.7 Å². The van der Waals surface area contributed by atoms with Gasteiger partial charge in [0.05, 0.1) is 5.01 Å². The molecule has 1 atom stereocenters. The summed E-state index contributed by atoms with van der Waals surface area (Å²) < 4.78 is 0. The molecule has 19 heavy (non-hydrogen) atoms. The molecule has 1 heterocycles. The highest BCUT2D eigenvalue weighted by Gasteiger charge is 2.28. The molecule has 1 aromatic heterocycles. The third-order valence-corrected chi connectivity index (χ3v) is 5.27. The van der Waals surface area contributed by atoms with E-state index in [1.807, 2.05) is 17.5 Å². The van der Waals surface area contributed by atoms with Crippen molar-refractivity contribution in [1.29, 1.82) is 0 Å². The van der Waals surface area contributed by atoms with Crippen LogP contribution < -0.4 is 0 Å². The van der Waals surface area contributed by atoms with Crippen LogP contribution in [0.4, 0.5) is 0 Å². The Bertz CT molecular complexity index is 345. The highest BCUT2D eigenvalue weighted by molar-refractivity contribution is 7.11.